The lowest BCUT2D eigenvalue weighted by molar-refractivity contribution is 0.0931. The first kappa shape index (κ1) is 11.9. The zero-order valence-electron chi connectivity index (χ0n) is 10.8. The first-order valence-electron chi connectivity index (χ1n) is 6.70. The quantitative estimate of drug-likeness (QED) is 0.780. The molecule has 1 aliphatic carbocycles. The summed E-state index contributed by atoms with van der Waals surface area (Å²) in [5.41, 5.74) is 3.24. The Balaban J connectivity index is 1.81. The Hall–Kier alpha value is -2.15. The molecule has 0 amide bonds. The van der Waals surface area contributed by atoms with Crippen molar-refractivity contribution in [1.29, 1.82) is 0 Å². The molecule has 3 rings (SSSR count). The van der Waals surface area contributed by atoms with E-state index in [1.165, 1.54) is 5.56 Å². The summed E-state index contributed by atoms with van der Waals surface area (Å²) in [7, 11) is 0. The van der Waals surface area contributed by atoms with E-state index in [1.54, 1.807) is 0 Å². The zero-order valence-corrected chi connectivity index (χ0v) is 10.8. The number of carbonyl (C=O) groups is 1. The molecule has 0 heterocycles. The number of benzene rings is 2. The van der Waals surface area contributed by atoms with Crippen LogP contribution < -0.4 is 0 Å². The summed E-state index contributed by atoms with van der Waals surface area (Å²) in [5, 5.41) is 0. The number of Topliss-reactive ketones (excluding diaryl/α,β-unsaturated/α-hetero) is 1. The van der Waals surface area contributed by atoms with Crippen molar-refractivity contribution in [1.82, 2.24) is 0 Å². The van der Waals surface area contributed by atoms with Crippen LogP contribution >= 0.6 is 0 Å². The van der Waals surface area contributed by atoms with Gasteiger partial charge < -0.3 is 0 Å². The lowest BCUT2D eigenvalue weighted by atomic mass is 9.82. The van der Waals surface area contributed by atoms with Gasteiger partial charge in [-0.25, -0.2) is 0 Å². The highest BCUT2D eigenvalue weighted by molar-refractivity contribution is 6.01. The molecule has 1 aliphatic rings. The summed E-state index contributed by atoms with van der Waals surface area (Å²) in [6, 6.07) is 18.1. The minimum Gasteiger partial charge on any atom is -0.294 e. The van der Waals surface area contributed by atoms with Crippen molar-refractivity contribution in [2.45, 2.75) is 12.8 Å². The molecule has 0 bridgehead atoms. The molecule has 2 aromatic carbocycles. The monoisotopic (exact) mass is 248 g/mol. The van der Waals surface area contributed by atoms with Crippen LogP contribution in [0, 0.1) is 5.92 Å². The van der Waals surface area contributed by atoms with Gasteiger partial charge in [-0.3, -0.25) is 4.79 Å². The van der Waals surface area contributed by atoms with Gasteiger partial charge in [0.15, 0.2) is 5.78 Å². The molecule has 2 aromatic rings. The van der Waals surface area contributed by atoms with Gasteiger partial charge in [0, 0.05) is 11.5 Å². The molecule has 0 aromatic heterocycles. The number of allylic oxidation sites excluding steroid dienone is 1. The third-order valence-electron chi connectivity index (χ3n) is 3.66. The highest BCUT2D eigenvalue weighted by Crippen LogP contribution is 2.26. The second-order valence-corrected chi connectivity index (χ2v) is 4.94. The summed E-state index contributed by atoms with van der Waals surface area (Å²) in [6.45, 7) is 0. The van der Waals surface area contributed by atoms with Crippen LogP contribution in [-0.2, 0) is 6.42 Å². The van der Waals surface area contributed by atoms with Crippen LogP contribution in [0.3, 0.4) is 0 Å². The predicted molar refractivity (Wildman–Crippen MR) is 78.1 cm³/mol. The van der Waals surface area contributed by atoms with Gasteiger partial charge in [0.05, 0.1) is 0 Å². The summed E-state index contributed by atoms with van der Waals surface area (Å²) in [4.78, 5) is 12.4. The topological polar surface area (TPSA) is 17.1 Å². The largest absolute Gasteiger partial charge is 0.294 e. The van der Waals surface area contributed by atoms with Crippen LogP contribution in [0.5, 0.6) is 0 Å². The lowest BCUT2D eigenvalue weighted by Crippen LogP contribution is -2.20. The molecule has 0 aliphatic heterocycles. The Bertz CT molecular complexity index is 611. The summed E-state index contributed by atoms with van der Waals surface area (Å²) < 4.78 is 0. The van der Waals surface area contributed by atoms with Gasteiger partial charge in [-0.2, -0.15) is 0 Å². The second-order valence-electron chi connectivity index (χ2n) is 4.94. The van der Waals surface area contributed by atoms with Gasteiger partial charge in [0.2, 0.25) is 0 Å². The standard InChI is InChI=1S/C18H16O/c19-18-16(11-10-14-6-2-1-3-7-14)13-12-15-8-4-5-9-17(15)18/h1-11,16H,12-13H2/b11-10+. The van der Waals surface area contributed by atoms with E-state index in [4.69, 9.17) is 0 Å². The van der Waals surface area contributed by atoms with E-state index in [1.807, 2.05) is 42.5 Å². The first-order chi connectivity index (χ1) is 9.34. The SMILES string of the molecule is O=C1c2ccccc2CCC1/C=C/c1ccccc1. The maximum absolute atomic E-state index is 12.4. The number of hydrogen-bond donors (Lipinski definition) is 0. The Morgan fingerprint density at radius 2 is 1.68 bits per heavy atom. The van der Waals surface area contributed by atoms with Gasteiger partial charge in [0.25, 0.3) is 0 Å². The van der Waals surface area contributed by atoms with Gasteiger partial charge in [-0.05, 0) is 24.0 Å². The van der Waals surface area contributed by atoms with Crippen LogP contribution in [0.15, 0.2) is 60.7 Å². The zero-order chi connectivity index (χ0) is 13.1. The number of aryl methyl sites for hydroxylation is 1. The van der Waals surface area contributed by atoms with Crippen molar-refractivity contribution in [2.75, 3.05) is 0 Å². The molecular formula is C18H16O. The number of fused-ring (bicyclic) bond motifs is 1. The van der Waals surface area contributed by atoms with Gasteiger partial charge in [0.1, 0.15) is 0 Å². The van der Waals surface area contributed by atoms with Crippen LogP contribution in [-0.4, -0.2) is 5.78 Å². The van der Waals surface area contributed by atoms with E-state index < -0.39 is 0 Å². The highest BCUT2D eigenvalue weighted by Gasteiger charge is 2.24. The maximum Gasteiger partial charge on any atom is 0.169 e. The van der Waals surface area contributed by atoms with Gasteiger partial charge >= 0.3 is 0 Å². The smallest absolute Gasteiger partial charge is 0.169 e. The average Bonchev–Trinajstić information content (AvgIpc) is 2.48. The van der Waals surface area contributed by atoms with Crippen molar-refractivity contribution >= 4 is 11.9 Å². The number of hydrogen-bond acceptors (Lipinski definition) is 1. The fraction of sp³-hybridized carbons (Fsp3) is 0.167. The van der Waals surface area contributed by atoms with Crippen LogP contribution in [0.25, 0.3) is 6.08 Å². The molecular weight excluding hydrogens is 232 g/mol. The van der Waals surface area contributed by atoms with Gasteiger partial charge in [-0.15, -0.1) is 0 Å². The predicted octanol–water partition coefficient (Wildman–Crippen LogP) is 4.15. The van der Waals surface area contributed by atoms with E-state index >= 15 is 0 Å². The molecule has 94 valence electrons. The van der Waals surface area contributed by atoms with E-state index in [0.29, 0.717) is 0 Å². The number of rotatable bonds is 2. The summed E-state index contributed by atoms with van der Waals surface area (Å²) >= 11 is 0. The van der Waals surface area contributed by atoms with Crippen molar-refractivity contribution in [2.24, 2.45) is 5.92 Å². The molecule has 0 saturated heterocycles. The van der Waals surface area contributed by atoms with Crippen molar-refractivity contribution < 1.29 is 4.79 Å². The van der Waals surface area contributed by atoms with Crippen LogP contribution in [0.2, 0.25) is 0 Å². The fourth-order valence-electron chi connectivity index (χ4n) is 2.60. The minimum absolute atomic E-state index is 0.0232. The third-order valence-corrected chi connectivity index (χ3v) is 3.66. The fourth-order valence-corrected chi connectivity index (χ4v) is 2.60. The molecule has 1 atom stereocenters. The van der Waals surface area contributed by atoms with Crippen LogP contribution in [0.1, 0.15) is 27.9 Å². The second kappa shape index (κ2) is 5.23. The highest BCUT2D eigenvalue weighted by atomic mass is 16.1. The molecule has 0 N–H and O–H groups in total. The van der Waals surface area contributed by atoms with Crippen molar-refractivity contribution in [3.8, 4) is 0 Å². The Kier molecular flexibility index (Phi) is 3.28. The van der Waals surface area contributed by atoms with E-state index in [-0.39, 0.29) is 11.7 Å². The molecule has 1 heteroatoms. The minimum atomic E-state index is 0.0232. The van der Waals surface area contributed by atoms with Crippen molar-refractivity contribution in [3.05, 3.63) is 77.4 Å². The first-order valence-corrected chi connectivity index (χ1v) is 6.70. The van der Waals surface area contributed by atoms with Crippen molar-refractivity contribution in [3.63, 3.8) is 0 Å². The molecule has 19 heavy (non-hydrogen) atoms. The lowest BCUT2D eigenvalue weighted by Gasteiger charge is -2.20. The molecule has 1 nitrogen and oxygen atoms in total. The Labute approximate surface area is 113 Å². The molecule has 0 spiro atoms. The average molecular weight is 248 g/mol. The van der Waals surface area contributed by atoms with E-state index in [2.05, 4.69) is 24.3 Å². The van der Waals surface area contributed by atoms with E-state index in [0.717, 1.165) is 24.0 Å². The molecule has 0 fully saturated rings. The molecule has 1 unspecified atom stereocenters. The molecule has 0 saturated carbocycles. The van der Waals surface area contributed by atoms with Gasteiger partial charge in [-0.1, -0.05) is 66.7 Å². The van der Waals surface area contributed by atoms with E-state index in [9.17, 15) is 4.79 Å². The Morgan fingerprint density at radius 1 is 0.947 bits per heavy atom. The summed E-state index contributed by atoms with van der Waals surface area (Å²) in [5.74, 6) is 0.282. The Morgan fingerprint density at radius 3 is 2.53 bits per heavy atom. The summed E-state index contributed by atoms with van der Waals surface area (Å²) in [6.07, 6.45) is 6.01. The maximum atomic E-state index is 12.4. The molecule has 0 radical (unpaired) electrons. The third kappa shape index (κ3) is 2.50. The number of ketones is 1. The number of carbonyl (C=O) groups excluding carboxylic acids is 1. The van der Waals surface area contributed by atoms with Crippen LogP contribution in [0.4, 0.5) is 0 Å². The normalized spacial score (nSPS) is 18.5.